The minimum Gasteiger partial charge on any atom is -0.358 e. The molecule has 0 heterocycles. The molecule has 0 spiro atoms. The van der Waals surface area contributed by atoms with Crippen LogP contribution in [0.2, 0.25) is 0 Å². The van der Waals surface area contributed by atoms with Gasteiger partial charge < -0.3 is 16.2 Å². The molecule has 3 heteroatoms. The highest BCUT2D eigenvalue weighted by Gasteiger charge is 2.21. The molecule has 0 rings (SSSR count). The first-order valence-corrected chi connectivity index (χ1v) is 4.02. The molecule has 0 aliphatic heterocycles. The molecule has 0 aromatic carbocycles. The third kappa shape index (κ3) is 6.28. The van der Waals surface area contributed by atoms with Crippen LogP contribution in [0.1, 0.15) is 34.1 Å². The van der Waals surface area contributed by atoms with Crippen LogP contribution in [0.25, 0.3) is 0 Å². The predicted molar refractivity (Wildman–Crippen MR) is 47.1 cm³/mol. The summed E-state index contributed by atoms with van der Waals surface area (Å²) in [6, 6.07) is 0.156. The van der Waals surface area contributed by atoms with Crippen molar-refractivity contribution in [3.05, 3.63) is 0 Å². The van der Waals surface area contributed by atoms with Crippen LogP contribution in [-0.2, 0) is 4.74 Å². The van der Waals surface area contributed by atoms with Crippen molar-refractivity contribution < 1.29 is 4.74 Å². The Labute approximate surface area is 69.1 Å². The number of ether oxygens (including phenoxy) is 1. The molecule has 3 nitrogen and oxygen atoms in total. The molecule has 0 aliphatic carbocycles. The number of hydrogen-bond donors (Lipinski definition) is 2. The summed E-state index contributed by atoms with van der Waals surface area (Å²) in [6.45, 7) is 7.79. The predicted octanol–water partition coefficient (Wildman–Crippen LogP) is 0.824. The maximum atomic E-state index is 5.63. The molecule has 11 heavy (non-hydrogen) atoms. The van der Waals surface area contributed by atoms with Gasteiger partial charge in [0.2, 0.25) is 0 Å². The molecule has 0 saturated heterocycles. The van der Waals surface area contributed by atoms with Gasteiger partial charge in [-0.1, -0.05) is 0 Å². The highest BCUT2D eigenvalue weighted by Crippen LogP contribution is 2.16. The molecule has 0 amide bonds. The first-order chi connectivity index (χ1) is 4.83. The van der Waals surface area contributed by atoms with Crippen molar-refractivity contribution >= 4 is 0 Å². The molecule has 0 radical (unpaired) electrons. The fraction of sp³-hybridized carbons (Fsp3) is 1.00. The third-order valence-corrected chi connectivity index (χ3v) is 1.32. The van der Waals surface area contributed by atoms with Gasteiger partial charge in [0.15, 0.2) is 0 Å². The monoisotopic (exact) mass is 160 g/mol. The van der Waals surface area contributed by atoms with E-state index in [1.54, 1.807) is 0 Å². The fourth-order valence-corrected chi connectivity index (χ4v) is 1.33. The second-order valence-electron chi connectivity index (χ2n) is 3.76. The maximum absolute atomic E-state index is 5.63. The Bertz CT molecular complexity index is 98.7. The number of rotatable bonds is 4. The van der Waals surface area contributed by atoms with E-state index in [0.717, 1.165) is 6.42 Å². The van der Waals surface area contributed by atoms with Crippen LogP contribution < -0.4 is 11.5 Å². The first-order valence-electron chi connectivity index (χ1n) is 4.02. The lowest BCUT2D eigenvalue weighted by atomic mass is 10.0. The third-order valence-electron chi connectivity index (χ3n) is 1.32. The van der Waals surface area contributed by atoms with Gasteiger partial charge in [0.05, 0.1) is 5.60 Å². The molecule has 0 saturated carbocycles. The van der Waals surface area contributed by atoms with Crippen molar-refractivity contribution in [2.45, 2.75) is 52.0 Å². The summed E-state index contributed by atoms with van der Waals surface area (Å²) < 4.78 is 5.45. The standard InChI is InChI=1S/C8H20N2O/c1-6(9)5-8(3,4)11-7(2)10/h6-7H,5,9-10H2,1-4H3. The minimum atomic E-state index is -0.219. The van der Waals surface area contributed by atoms with Crippen molar-refractivity contribution in [3.63, 3.8) is 0 Å². The van der Waals surface area contributed by atoms with Crippen molar-refractivity contribution in [3.8, 4) is 0 Å². The smallest absolute Gasteiger partial charge is 0.103 e. The molecule has 4 N–H and O–H groups in total. The van der Waals surface area contributed by atoms with Crippen molar-refractivity contribution in [2.75, 3.05) is 0 Å². The van der Waals surface area contributed by atoms with E-state index in [4.69, 9.17) is 16.2 Å². The van der Waals surface area contributed by atoms with E-state index < -0.39 is 0 Å². The van der Waals surface area contributed by atoms with E-state index in [2.05, 4.69) is 0 Å². The quantitative estimate of drug-likeness (QED) is 0.599. The summed E-state index contributed by atoms with van der Waals surface area (Å²) in [7, 11) is 0. The fourth-order valence-electron chi connectivity index (χ4n) is 1.33. The summed E-state index contributed by atoms with van der Waals surface area (Å²) in [5, 5.41) is 0. The Hall–Kier alpha value is -0.120. The van der Waals surface area contributed by atoms with Gasteiger partial charge in [0.25, 0.3) is 0 Å². The number of nitrogens with two attached hydrogens (primary N) is 2. The van der Waals surface area contributed by atoms with Crippen LogP contribution in [0.5, 0.6) is 0 Å². The average Bonchev–Trinajstić information content (AvgIpc) is 1.53. The Morgan fingerprint density at radius 2 is 1.73 bits per heavy atom. The molecule has 0 bridgehead atoms. The lowest BCUT2D eigenvalue weighted by Gasteiger charge is -2.28. The first kappa shape index (κ1) is 10.9. The zero-order chi connectivity index (χ0) is 9.07. The van der Waals surface area contributed by atoms with E-state index in [1.807, 2.05) is 27.7 Å². The highest BCUT2D eigenvalue weighted by atomic mass is 16.5. The second-order valence-corrected chi connectivity index (χ2v) is 3.76. The van der Waals surface area contributed by atoms with Gasteiger partial charge in [-0.15, -0.1) is 0 Å². The highest BCUT2D eigenvalue weighted by molar-refractivity contribution is 4.73. The SMILES string of the molecule is CC(N)CC(C)(C)OC(C)N. The van der Waals surface area contributed by atoms with Crippen LogP contribution in [0.4, 0.5) is 0 Å². The van der Waals surface area contributed by atoms with E-state index in [0.29, 0.717) is 0 Å². The topological polar surface area (TPSA) is 61.3 Å². The molecule has 0 aromatic rings. The Kier molecular flexibility index (Phi) is 4.00. The molecular formula is C8H20N2O. The van der Waals surface area contributed by atoms with Crippen molar-refractivity contribution in [1.29, 1.82) is 0 Å². The largest absolute Gasteiger partial charge is 0.358 e. The summed E-state index contributed by atoms with van der Waals surface area (Å²) in [6.07, 6.45) is 0.609. The molecule has 0 aliphatic rings. The molecule has 2 unspecified atom stereocenters. The normalized spacial score (nSPS) is 18.0. The van der Waals surface area contributed by atoms with E-state index in [1.165, 1.54) is 0 Å². The van der Waals surface area contributed by atoms with Gasteiger partial charge in [-0.2, -0.15) is 0 Å². The Balaban J connectivity index is 3.79. The second kappa shape index (κ2) is 4.04. The average molecular weight is 160 g/mol. The Morgan fingerprint density at radius 3 is 2.00 bits per heavy atom. The van der Waals surface area contributed by atoms with Gasteiger partial charge in [-0.05, 0) is 34.1 Å². The van der Waals surface area contributed by atoms with E-state index in [-0.39, 0.29) is 17.9 Å². The molecule has 0 fully saturated rings. The van der Waals surface area contributed by atoms with Crippen molar-refractivity contribution in [1.82, 2.24) is 0 Å². The summed E-state index contributed by atoms with van der Waals surface area (Å²) in [4.78, 5) is 0. The summed E-state index contributed by atoms with van der Waals surface area (Å²) in [5.41, 5.74) is 10.9. The molecular weight excluding hydrogens is 140 g/mol. The van der Waals surface area contributed by atoms with Crippen LogP contribution in [0.15, 0.2) is 0 Å². The van der Waals surface area contributed by atoms with Crippen LogP contribution in [0.3, 0.4) is 0 Å². The minimum absolute atomic E-state index is 0.156. The summed E-state index contributed by atoms with van der Waals surface area (Å²) in [5.74, 6) is 0. The van der Waals surface area contributed by atoms with Crippen LogP contribution in [0, 0.1) is 0 Å². The molecule has 2 atom stereocenters. The zero-order valence-electron chi connectivity index (χ0n) is 7.92. The van der Waals surface area contributed by atoms with Gasteiger partial charge in [0, 0.05) is 6.04 Å². The maximum Gasteiger partial charge on any atom is 0.103 e. The lowest BCUT2D eigenvalue weighted by molar-refractivity contribution is -0.0677. The van der Waals surface area contributed by atoms with Gasteiger partial charge in [-0.3, -0.25) is 0 Å². The van der Waals surface area contributed by atoms with Crippen LogP contribution >= 0.6 is 0 Å². The van der Waals surface area contributed by atoms with E-state index in [9.17, 15) is 0 Å². The van der Waals surface area contributed by atoms with Gasteiger partial charge in [-0.25, -0.2) is 0 Å². The van der Waals surface area contributed by atoms with Gasteiger partial charge >= 0.3 is 0 Å². The lowest BCUT2D eigenvalue weighted by Crippen LogP contribution is -2.38. The molecule has 68 valence electrons. The van der Waals surface area contributed by atoms with E-state index >= 15 is 0 Å². The number of hydrogen-bond acceptors (Lipinski definition) is 3. The Morgan fingerprint density at radius 1 is 1.27 bits per heavy atom. The van der Waals surface area contributed by atoms with Gasteiger partial charge in [0.1, 0.15) is 6.23 Å². The van der Waals surface area contributed by atoms with Crippen molar-refractivity contribution in [2.24, 2.45) is 11.5 Å². The van der Waals surface area contributed by atoms with Crippen LogP contribution in [-0.4, -0.2) is 17.9 Å². The molecule has 0 aromatic heterocycles. The summed E-state index contributed by atoms with van der Waals surface area (Å²) >= 11 is 0. The zero-order valence-corrected chi connectivity index (χ0v) is 7.92.